The van der Waals surface area contributed by atoms with Gasteiger partial charge < -0.3 is 15.0 Å². The maximum absolute atomic E-state index is 13.3. The molecule has 0 aromatic heterocycles. The number of amides is 1. The van der Waals surface area contributed by atoms with Crippen molar-refractivity contribution in [3.63, 3.8) is 0 Å². The van der Waals surface area contributed by atoms with E-state index < -0.39 is 0 Å². The average Bonchev–Trinajstić information content (AvgIpc) is 2.63. The van der Waals surface area contributed by atoms with E-state index in [-0.39, 0.29) is 24.4 Å². The average molecular weight is 342 g/mol. The van der Waals surface area contributed by atoms with Gasteiger partial charge in [-0.25, -0.2) is 4.39 Å². The molecule has 1 aliphatic heterocycles. The molecule has 1 amide bonds. The standard InChI is InChI=1S/C20H23FN2O2/c21-17-7-4-8-19(13-17)23-11-9-18(10-12-23)22-20(24)15-25-14-16-5-2-1-3-6-16/h1-8,13,18H,9-12,14-15H2,(H,22,24). The van der Waals surface area contributed by atoms with Crippen LogP contribution in [0.2, 0.25) is 0 Å². The van der Waals surface area contributed by atoms with Crippen molar-refractivity contribution in [1.29, 1.82) is 0 Å². The van der Waals surface area contributed by atoms with Crippen molar-refractivity contribution in [2.75, 3.05) is 24.6 Å². The van der Waals surface area contributed by atoms with E-state index in [4.69, 9.17) is 4.74 Å². The van der Waals surface area contributed by atoms with Crippen molar-refractivity contribution in [2.24, 2.45) is 0 Å². The van der Waals surface area contributed by atoms with Gasteiger partial charge in [-0.1, -0.05) is 36.4 Å². The lowest BCUT2D eigenvalue weighted by Gasteiger charge is -2.34. The number of carbonyl (C=O) groups excluding carboxylic acids is 1. The first-order chi connectivity index (χ1) is 12.2. The van der Waals surface area contributed by atoms with Gasteiger partial charge in [-0.15, -0.1) is 0 Å². The van der Waals surface area contributed by atoms with Crippen molar-refractivity contribution in [3.05, 3.63) is 66.0 Å². The first-order valence-electron chi connectivity index (χ1n) is 8.62. The summed E-state index contributed by atoms with van der Waals surface area (Å²) in [5.41, 5.74) is 1.95. The number of piperidine rings is 1. The first-order valence-corrected chi connectivity index (χ1v) is 8.62. The normalized spacial score (nSPS) is 15.2. The van der Waals surface area contributed by atoms with Crippen LogP contribution in [0.1, 0.15) is 18.4 Å². The minimum atomic E-state index is -0.219. The number of nitrogens with zero attached hydrogens (tertiary/aromatic N) is 1. The molecule has 132 valence electrons. The van der Waals surface area contributed by atoms with Crippen LogP contribution in [-0.2, 0) is 16.1 Å². The van der Waals surface area contributed by atoms with Gasteiger partial charge in [0.15, 0.2) is 0 Å². The van der Waals surface area contributed by atoms with Crippen LogP contribution in [0.15, 0.2) is 54.6 Å². The predicted octanol–water partition coefficient (Wildman–Crippen LogP) is 3.13. The number of halogens is 1. The highest BCUT2D eigenvalue weighted by molar-refractivity contribution is 5.77. The van der Waals surface area contributed by atoms with Crippen molar-refractivity contribution < 1.29 is 13.9 Å². The Bertz CT molecular complexity index is 685. The number of carbonyl (C=O) groups is 1. The lowest BCUT2D eigenvalue weighted by Crippen LogP contribution is -2.45. The molecule has 1 aliphatic rings. The summed E-state index contributed by atoms with van der Waals surface area (Å²) in [6.45, 7) is 2.11. The zero-order valence-electron chi connectivity index (χ0n) is 14.2. The third-order valence-electron chi connectivity index (χ3n) is 4.38. The molecule has 0 spiro atoms. The Balaban J connectivity index is 1.37. The van der Waals surface area contributed by atoms with Gasteiger partial charge in [0.2, 0.25) is 5.91 Å². The number of anilines is 1. The molecule has 2 aromatic rings. The minimum Gasteiger partial charge on any atom is -0.371 e. The molecule has 3 rings (SSSR count). The van der Waals surface area contributed by atoms with Crippen LogP contribution in [0.5, 0.6) is 0 Å². The van der Waals surface area contributed by atoms with Gasteiger partial charge in [0, 0.05) is 24.8 Å². The molecule has 1 heterocycles. The molecule has 4 nitrogen and oxygen atoms in total. The Kier molecular flexibility index (Phi) is 6.01. The number of rotatable bonds is 6. The summed E-state index contributed by atoms with van der Waals surface area (Å²) in [5, 5.41) is 3.02. The number of hydrogen-bond acceptors (Lipinski definition) is 3. The van der Waals surface area contributed by atoms with Gasteiger partial charge in [0.05, 0.1) is 6.61 Å². The summed E-state index contributed by atoms with van der Waals surface area (Å²) in [7, 11) is 0. The van der Waals surface area contributed by atoms with Crippen LogP contribution < -0.4 is 10.2 Å². The molecule has 0 radical (unpaired) electrons. The Morgan fingerprint density at radius 2 is 1.88 bits per heavy atom. The molecule has 1 N–H and O–H groups in total. The monoisotopic (exact) mass is 342 g/mol. The minimum absolute atomic E-state index is 0.0685. The van der Waals surface area contributed by atoms with Crippen molar-refractivity contribution in [1.82, 2.24) is 5.32 Å². The highest BCUT2D eigenvalue weighted by atomic mass is 19.1. The van der Waals surface area contributed by atoms with E-state index in [2.05, 4.69) is 10.2 Å². The lowest BCUT2D eigenvalue weighted by molar-refractivity contribution is -0.126. The molecule has 0 aliphatic carbocycles. The van der Waals surface area contributed by atoms with Crippen molar-refractivity contribution >= 4 is 11.6 Å². The topological polar surface area (TPSA) is 41.6 Å². The third kappa shape index (κ3) is 5.29. The Labute approximate surface area is 147 Å². The molecule has 1 saturated heterocycles. The fraction of sp³-hybridized carbons (Fsp3) is 0.350. The summed E-state index contributed by atoms with van der Waals surface area (Å²) in [4.78, 5) is 14.1. The van der Waals surface area contributed by atoms with Crippen LogP contribution in [0.4, 0.5) is 10.1 Å². The summed E-state index contributed by atoms with van der Waals surface area (Å²) >= 11 is 0. The SMILES string of the molecule is O=C(COCc1ccccc1)NC1CCN(c2cccc(F)c2)CC1. The third-order valence-corrected chi connectivity index (χ3v) is 4.38. The summed E-state index contributed by atoms with van der Waals surface area (Å²) < 4.78 is 18.8. The second-order valence-electron chi connectivity index (χ2n) is 6.29. The predicted molar refractivity (Wildman–Crippen MR) is 95.9 cm³/mol. The largest absolute Gasteiger partial charge is 0.371 e. The molecular weight excluding hydrogens is 319 g/mol. The summed E-state index contributed by atoms with van der Waals surface area (Å²) in [6.07, 6.45) is 1.70. The zero-order chi connectivity index (χ0) is 17.5. The second kappa shape index (κ2) is 8.62. The maximum atomic E-state index is 13.3. The van der Waals surface area contributed by atoms with Gasteiger partial charge in [-0.2, -0.15) is 0 Å². The Morgan fingerprint density at radius 3 is 2.60 bits per heavy atom. The number of ether oxygens (including phenoxy) is 1. The van der Waals surface area contributed by atoms with Crippen LogP contribution in [0, 0.1) is 5.82 Å². The molecule has 25 heavy (non-hydrogen) atoms. The molecule has 1 fully saturated rings. The summed E-state index contributed by atoms with van der Waals surface area (Å²) in [5.74, 6) is -0.302. The molecule has 0 atom stereocenters. The van der Waals surface area contributed by atoms with Crippen molar-refractivity contribution in [3.8, 4) is 0 Å². The molecular formula is C20H23FN2O2. The lowest BCUT2D eigenvalue weighted by atomic mass is 10.0. The first kappa shape index (κ1) is 17.4. The Morgan fingerprint density at radius 1 is 1.12 bits per heavy atom. The summed E-state index contributed by atoms with van der Waals surface area (Å²) in [6, 6.07) is 16.6. The van der Waals surface area contributed by atoms with E-state index in [0.29, 0.717) is 6.61 Å². The van der Waals surface area contributed by atoms with Crippen LogP contribution in [-0.4, -0.2) is 31.6 Å². The zero-order valence-corrected chi connectivity index (χ0v) is 14.2. The number of nitrogens with one attached hydrogen (secondary N) is 1. The van der Waals surface area contributed by atoms with Gasteiger partial charge in [0.1, 0.15) is 12.4 Å². The molecule has 0 unspecified atom stereocenters. The fourth-order valence-corrected chi connectivity index (χ4v) is 3.06. The quantitative estimate of drug-likeness (QED) is 0.877. The van der Waals surface area contributed by atoms with Gasteiger partial charge >= 0.3 is 0 Å². The highest BCUT2D eigenvalue weighted by Gasteiger charge is 2.21. The van der Waals surface area contributed by atoms with E-state index in [1.165, 1.54) is 6.07 Å². The Hall–Kier alpha value is -2.40. The van der Waals surface area contributed by atoms with E-state index >= 15 is 0 Å². The van der Waals surface area contributed by atoms with Crippen LogP contribution in [0.3, 0.4) is 0 Å². The van der Waals surface area contributed by atoms with E-state index in [1.54, 1.807) is 12.1 Å². The molecule has 0 bridgehead atoms. The second-order valence-corrected chi connectivity index (χ2v) is 6.29. The van der Waals surface area contributed by atoms with Crippen LogP contribution >= 0.6 is 0 Å². The van der Waals surface area contributed by atoms with Gasteiger partial charge in [-0.3, -0.25) is 4.79 Å². The van der Waals surface area contributed by atoms with Crippen LogP contribution in [0.25, 0.3) is 0 Å². The van der Waals surface area contributed by atoms with Gasteiger partial charge in [-0.05, 0) is 36.6 Å². The van der Waals surface area contributed by atoms with Gasteiger partial charge in [0.25, 0.3) is 0 Å². The fourth-order valence-electron chi connectivity index (χ4n) is 3.06. The van der Waals surface area contributed by atoms with Crippen molar-refractivity contribution in [2.45, 2.75) is 25.5 Å². The number of hydrogen-bond donors (Lipinski definition) is 1. The smallest absolute Gasteiger partial charge is 0.246 e. The molecule has 2 aromatic carbocycles. The number of benzene rings is 2. The molecule has 0 saturated carbocycles. The van der Waals surface area contributed by atoms with E-state index in [0.717, 1.165) is 37.2 Å². The maximum Gasteiger partial charge on any atom is 0.246 e. The molecule has 5 heteroatoms. The van der Waals surface area contributed by atoms with E-state index in [1.807, 2.05) is 36.4 Å². The highest BCUT2D eigenvalue weighted by Crippen LogP contribution is 2.20. The van der Waals surface area contributed by atoms with E-state index in [9.17, 15) is 9.18 Å².